The third kappa shape index (κ3) is 4.58. The maximum atomic E-state index is 12.0. The average Bonchev–Trinajstić information content (AvgIpc) is 2.53. The van der Waals surface area contributed by atoms with E-state index >= 15 is 0 Å². The van der Waals surface area contributed by atoms with Gasteiger partial charge < -0.3 is 20.1 Å². The molecule has 0 aliphatic carbocycles. The van der Waals surface area contributed by atoms with Gasteiger partial charge in [0.05, 0.1) is 30.3 Å². The molecular weight excluding hydrogens is 312 g/mol. The van der Waals surface area contributed by atoms with Gasteiger partial charge in [-0.1, -0.05) is 30.3 Å². The van der Waals surface area contributed by atoms with E-state index in [9.17, 15) is 14.4 Å². The highest BCUT2D eigenvalue weighted by Crippen LogP contribution is 2.15. The Morgan fingerprint density at radius 1 is 1.17 bits per heavy atom. The maximum Gasteiger partial charge on any atom is 0.338 e. The van der Waals surface area contributed by atoms with E-state index < -0.39 is 24.0 Å². The largest absolute Gasteiger partial charge is 0.463 e. The first kappa shape index (κ1) is 17.5. The number of benzene rings is 1. The van der Waals surface area contributed by atoms with Crippen LogP contribution in [0.5, 0.6) is 0 Å². The molecule has 0 spiro atoms. The smallest absolute Gasteiger partial charge is 0.338 e. The normalized spacial score (nSPS) is 16.9. The van der Waals surface area contributed by atoms with Gasteiger partial charge in [-0.15, -0.1) is 0 Å². The van der Waals surface area contributed by atoms with Gasteiger partial charge in [0.15, 0.2) is 0 Å². The van der Waals surface area contributed by atoms with Crippen molar-refractivity contribution in [1.29, 1.82) is 0 Å². The molecule has 1 aliphatic heterocycles. The van der Waals surface area contributed by atoms with E-state index in [0.29, 0.717) is 0 Å². The minimum absolute atomic E-state index is 0.116. The fourth-order valence-electron chi connectivity index (χ4n) is 2.36. The number of urea groups is 1. The molecule has 1 atom stereocenters. The molecule has 0 aromatic heterocycles. The van der Waals surface area contributed by atoms with Crippen molar-refractivity contribution < 1.29 is 23.9 Å². The number of hydrogen-bond donors (Lipinski definition) is 2. The molecule has 0 fully saturated rings. The van der Waals surface area contributed by atoms with Crippen LogP contribution >= 0.6 is 0 Å². The summed E-state index contributed by atoms with van der Waals surface area (Å²) in [6.07, 6.45) is 0.116. The number of hydrogen-bond acceptors (Lipinski definition) is 5. The molecular formula is C17H20N2O5. The summed E-state index contributed by atoms with van der Waals surface area (Å²) >= 11 is 0. The SMILES string of the molecule is CCOC(=O)C1=C(COC(=O)Cc2ccccc2)NC(=O)N[C@H]1C. The van der Waals surface area contributed by atoms with Crippen LogP contribution in [-0.4, -0.2) is 37.2 Å². The Bertz CT molecular complexity index is 654. The highest BCUT2D eigenvalue weighted by atomic mass is 16.5. The van der Waals surface area contributed by atoms with Crippen LogP contribution in [0.3, 0.4) is 0 Å². The molecule has 1 aliphatic rings. The molecule has 1 aromatic rings. The molecule has 0 unspecified atom stereocenters. The average molecular weight is 332 g/mol. The van der Waals surface area contributed by atoms with E-state index in [2.05, 4.69) is 10.6 Å². The van der Waals surface area contributed by atoms with Crippen LogP contribution in [-0.2, 0) is 25.5 Å². The van der Waals surface area contributed by atoms with E-state index in [4.69, 9.17) is 9.47 Å². The Balaban J connectivity index is 2.05. The summed E-state index contributed by atoms with van der Waals surface area (Å²) in [6.45, 7) is 3.37. The Kier molecular flexibility index (Phi) is 5.95. The third-order valence-electron chi connectivity index (χ3n) is 3.43. The van der Waals surface area contributed by atoms with Gasteiger partial charge in [-0.05, 0) is 19.4 Å². The lowest BCUT2D eigenvalue weighted by molar-refractivity contribution is -0.143. The quantitative estimate of drug-likeness (QED) is 0.766. The summed E-state index contributed by atoms with van der Waals surface area (Å²) in [5.41, 5.74) is 1.32. The van der Waals surface area contributed by atoms with Crippen LogP contribution in [0, 0.1) is 0 Å². The molecule has 7 heteroatoms. The van der Waals surface area contributed by atoms with E-state index in [1.807, 2.05) is 30.3 Å². The van der Waals surface area contributed by atoms with Crippen LogP contribution in [0.15, 0.2) is 41.6 Å². The fraction of sp³-hybridized carbons (Fsp3) is 0.353. The molecule has 0 radical (unpaired) electrons. The van der Waals surface area contributed by atoms with Crippen molar-refractivity contribution in [3.8, 4) is 0 Å². The number of ether oxygens (including phenoxy) is 2. The number of carbonyl (C=O) groups excluding carboxylic acids is 3. The Morgan fingerprint density at radius 3 is 2.54 bits per heavy atom. The van der Waals surface area contributed by atoms with Crippen molar-refractivity contribution >= 4 is 18.0 Å². The monoisotopic (exact) mass is 332 g/mol. The van der Waals surface area contributed by atoms with Crippen molar-refractivity contribution in [1.82, 2.24) is 10.6 Å². The van der Waals surface area contributed by atoms with Crippen molar-refractivity contribution in [2.24, 2.45) is 0 Å². The summed E-state index contributed by atoms with van der Waals surface area (Å²) in [4.78, 5) is 35.6. The Morgan fingerprint density at radius 2 is 1.88 bits per heavy atom. The van der Waals surface area contributed by atoms with Gasteiger partial charge in [-0.3, -0.25) is 4.79 Å². The molecule has 2 rings (SSSR count). The number of rotatable bonds is 6. The van der Waals surface area contributed by atoms with Crippen LogP contribution < -0.4 is 10.6 Å². The molecule has 7 nitrogen and oxygen atoms in total. The van der Waals surface area contributed by atoms with Crippen molar-refractivity contribution in [2.45, 2.75) is 26.3 Å². The lowest BCUT2D eigenvalue weighted by Gasteiger charge is -2.26. The van der Waals surface area contributed by atoms with E-state index in [-0.39, 0.29) is 30.9 Å². The fourth-order valence-corrected chi connectivity index (χ4v) is 2.36. The molecule has 24 heavy (non-hydrogen) atoms. The standard InChI is InChI=1S/C17H20N2O5/c1-3-23-16(21)15-11(2)18-17(22)19-13(15)10-24-14(20)9-12-7-5-4-6-8-12/h4-8,11H,3,9-10H2,1-2H3,(H2,18,19,22)/t11-/m0/s1. The van der Waals surface area contributed by atoms with Crippen molar-refractivity contribution in [2.75, 3.05) is 13.2 Å². The minimum atomic E-state index is -0.549. The molecule has 2 amide bonds. The highest BCUT2D eigenvalue weighted by Gasteiger charge is 2.30. The molecule has 0 saturated heterocycles. The van der Waals surface area contributed by atoms with Crippen molar-refractivity contribution in [3.05, 3.63) is 47.2 Å². The van der Waals surface area contributed by atoms with E-state index in [0.717, 1.165) is 5.56 Å². The second-order valence-electron chi connectivity index (χ2n) is 5.26. The number of nitrogens with one attached hydrogen (secondary N) is 2. The molecule has 128 valence electrons. The lowest BCUT2D eigenvalue weighted by atomic mass is 10.0. The topological polar surface area (TPSA) is 93.7 Å². The zero-order chi connectivity index (χ0) is 17.5. The van der Waals surface area contributed by atoms with Crippen LogP contribution in [0.4, 0.5) is 4.79 Å². The van der Waals surface area contributed by atoms with Gasteiger partial charge in [0, 0.05) is 0 Å². The van der Waals surface area contributed by atoms with Crippen LogP contribution in [0.2, 0.25) is 0 Å². The first-order chi connectivity index (χ1) is 11.5. The van der Waals surface area contributed by atoms with Gasteiger partial charge in [-0.25, -0.2) is 9.59 Å². The number of carbonyl (C=O) groups is 3. The molecule has 2 N–H and O–H groups in total. The highest BCUT2D eigenvalue weighted by molar-refractivity contribution is 5.94. The molecule has 0 bridgehead atoms. The second kappa shape index (κ2) is 8.14. The van der Waals surface area contributed by atoms with E-state index in [1.165, 1.54) is 0 Å². The molecule has 1 aromatic carbocycles. The number of amides is 2. The second-order valence-corrected chi connectivity index (χ2v) is 5.26. The third-order valence-corrected chi connectivity index (χ3v) is 3.43. The summed E-state index contributed by atoms with van der Waals surface area (Å²) in [5.74, 6) is -0.996. The first-order valence-corrected chi connectivity index (χ1v) is 7.68. The minimum Gasteiger partial charge on any atom is -0.463 e. The van der Waals surface area contributed by atoms with Gasteiger partial charge >= 0.3 is 18.0 Å². The van der Waals surface area contributed by atoms with Crippen LogP contribution in [0.25, 0.3) is 0 Å². The Labute approximate surface area is 140 Å². The summed E-state index contributed by atoms with van der Waals surface area (Å²) in [7, 11) is 0. The summed E-state index contributed by atoms with van der Waals surface area (Å²) in [6, 6.07) is 8.18. The summed E-state index contributed by atoms with van der Waals surface area (Å²) < 4.78 is 10.2. The molecule has 1 heterocycles. The predicted octanol–water partition coefficient (Wildman–Crippen LogP) is 1.29. The van der Waals surface area contributed by atoms with E-state index in [1.54, 1.807) is 13.8 Å². The van der Waals surface area contributed by atoms with Gasteiger partial charge in [0.25, 0.3) is 0 Å². The maximum absolute atomic E-state index is 12.0. The number of esters is 2. The van der Waals surface area contributed by atoms with Gasteiger partial charge in [-0.2, -0.15) is 0 Å². The van der Waals surface area contributed by atoms with Gasteiger partial charge in [0.2, 0.25) is 0 Å². The lowest BCUT2D eigenvalue weighted by Crippen LogP contribution is -2.50. The zero-order valence-electron chi connectivity index (χ0n) is 13.6. The summed E-state index contributed by atoms with van der Waals surface area (Å²) in [5, 5.41) is 5.08. The first-order valence-electron chi connectivity index (χ1n) is 7.68. The van der Waals surface area contributed by atoms with Gasteiger partial charge in [0.1, 0.15) is 6.61 Å². The zero-order valence-corrected chi connectivity index (χ0v) is 13.6. The predicted molar refractivity (Wildman–Crippen MR) is 85.9 cm³/mol. The van der Waals surface area contributed by atoms with Crippen LogP contribution in [0.1, 0.15) is 19.4 Å². The molecule has 0 saturated carbocycles. The van der Waals surface area contributed by atoms with Crippen molar-refractivity contribution in [3.63, 3.8) is 0 Å². The Hall–Kier alpha value is -2.83.